The third-order valence-corrected chi connectivity index (χ3v) is 3.33. The van der Waals surface area contributed by atoms with E-state index in [0.29, 0.717) is 18.0 Å². The van der Waals surface area contributed by atoms with Crippen LogP contribution in [0, 0.1) is 11.3 Å². The van der Waals surface area contributed by atoms with Gasteiger partial charge in [0, 0.05) is 11.8 Å². The third kappa shape index (κ3) is 5.67. The Balaban J connectivity index is 2.14. The number of rotatable bonds is 6. The average Bonchev–Trinajstić information content (AvgIpc) is 2.61. The number of carbonyl (C=O) groups excluding carboxylic acids is 1. The first kappa shape index (κ1) is 18.0. The molecule has 0 bridgehead atoms. The summed E-state index contributed by atoms with van der Waals surface area (Å²) < 4.78 is 5.41. The highest BCUT2D eigenvalue weighted by atomic mass is 16.5. The maximum atomic E-state index is 12.3. The van der Waals surface area contributed by atoms with Crippen LogP contribution in [0.3, 0.4) is 0 Å². The molecule has 1 amide bonds. The van der Waals surface area contributed by atoms with Crippen molar-refractivity contribution in [3.8, 4) is 11.8 Å². The number of nitriles is 1. The van der Waals surface area contributed by atoms with Crippen LogP contribution in [0.15, 0.2) is 71.8 Å². The van der Waals surface area contributed by atoms with Crippen LogP contribution in [0.2, 0.25) is 0 Å². The molecular formula is C21H20N2O2. The first-order valence-electron chi connectivity index (χ1n) is 8.01. The SMILES string of the molecule is CCOc1cccc(NC(=O)/C(C#N)=C\C(C)=C\c2ccccc2)c1. The molecule has 0 fully saturated rings. The fraction of sp³-hybridized carbons (Fsp3) is 0.143. The van der Waals surface area contributed by atoms with Gasteiger partial charge in [-0.3, -0.25) is 4.79 Å². The molecule has 4 nitrogen and oxygen atoms in total. The molecule has 0 heterocycles. The van der Waals surface area contributed by atoms with Crippen LogP contribution in [0.25, 0.3) is 6.08 Å². The van der Waals surface area contributed by atoms with E-state index >= 15 is 0 Å². The lowest BCUT2D eigenvalue weighted by atomic mass is 10.1. The summed E-state index contributed by atoms with van der Waals surface area (Å²) in [6, 6.07) is 18.8. The molecule has 0 saturated carbocycles. The van der Waals surface area contributed by atoms with Crippen molar-refractivity contribution < 1.29 is 9.53 Å². The molecule has 0 aromatic heterocycles. The van der Waals surface area contributed by atoms with Crippen molar-refractivity contribution >= 4 is 17.7 Å². The highest BCUT2D eigenvalue weighted by Gasteiger charge is 2.10. The van der Waals surface area contributed by atoms with Crippen LogP contribution in [0.1, 0.15) is 19.4 Å². The van der Waals surface area contributed by atoms with Crippen molar-refractivity contribution in [3.63, 3.8) is 0 Å². The van der Waals surface area contributed by atoms with Gasteiger partial charge in [0.15, 0.2) is 0 Å². The molecule has 2 rings (SSSR count). The molecule has 0 atom stereocenters. The van der Waals surface area contributed by atoms with Crippen LogP contribution in [-0.2, 0) is 4.79 Å². The number of benzene rings is 2. The molecule has 0 spiro atoms. The van der Waals surface area contributed by atoms with Gasteiger partial charge in [0.1, 0.15) is 17.4 Å². The summed E-state index contributed by atoms with van der Waals surface area (Å²) in [5.74, 6) is 0.222. The number of nitrogens with one attached hydrogen (secondary N) is 1. The largest absolute Gasteiger partial charge is 0.494 e. The number of hydrogen-bond donors (Lipinski definition) is 1. The Morgan fingerprint density at radius 1 is 1.20 bits per heavy atom. The Labute approximate surface area is 148 Å². The molecule has 0 aliphatic heterocycles. The van der Waals surface area contributed by atoms with Gasteiger partial charge < -0.3 is 10.1 Å². The minimum Gasteiger partial charge on any atom is -0.494 e. The number of anilines is 1. The van der Waals surface area contributed by atoms with Crippen molar-refractivity contribution in [1.82, 2.24) is 0 Å². The van der Waals surface area contributed by atoms with E-state index in [9.17, 15) is 10.1 Å². The van der Waals surface area contributed by atoms with Crippen molar-refractivity contribution in [3.05, 3.63) is 77.4 Å². The highest BCUT2D eigenvalue weighted by Crippen LogP contribution is 2.18. The minimum atomic E-state index is -0.447. The van der Waals surface area contributed by atoms with E-state index in [0.717, 1.165) is 11.1 Å². The average molecular weight is 332 g/mol. The predicted octanol–water partition coefficient (Wildman–Crippen LogP) is 4.58. The first-order chi connectivity index (χ1) is 12.1. The van der Waals surface area contributed by atoms with Gasteiger partial charge in [-0.25, -0.2) is 0 Å². The number of ether oxygens (including phenoxy) is 1. The number of carbonyl (C=O) groups is 1. The zero-order chi connectivity index (χ0) is 18.1. The van der Waals surface area contributed by atoms with Crippen LogP contribution in [0.4, 0.5) is 5.69 Å². The summed E-state index contributed by atoms with van der Waals surface area (Å²) in [4.78, 5) is 12.3. The lowest BCUT2D eigenvalue weighted by Crippen LogP contribution is -2.13. The van der Waals surface area contributed by atoms with Crippen LogP contribution in [0.5, 0.6) is 5.75 Å². The molecule has 0 saturated heterocycles. The predicted molar refractivity (Wildman–Crippen MR) is 100 cm³/mol. The maximum Gasteiger partial charge on any atom is 0.266 e. The second kappa shape index (κ2) is 9.09. The molecule has 2 aromatic carbocycles. The fourth-order valence-corrected chi connectivity index (χ4v) is 2.26. The third-order valence-electron chi connectivity index (χ3n) is 3.33. The number of allylic oxidation sites excluding steroid dienone is 2. The monoisotopic (exact) mass is 332 g/mol. The van der Waals surface area contributed by atoms with Crippen molar-refractivity contribution in [1.29, 1.82) is 5.26 Å². The molecule has 1 N–H and O–H groups in total. The van der Waals surface area contributed by atoms with E-state index in [1.165, 1.54) is 0 Å². The molecule has 126 valence electrons. The lowest BCUT2D eigenvalue weighted by Gasteiger charge is -2.07. The van der Waals surface area contributed by atoms with Gasteiger partial charge in [0.05, 0.1) is 6.61 Å². The van der Waals surface area contributed by atoms with Crippen molar-refractivity contribution in [2.24, 2.45) is 0 Å². The van der Waals surface area contributed by atoms with E-state index < -0.39 is 5.91 Å². The Hall–Kier alpha value is -3.32. The van der Waals surface area contributed by atoms with Gasteiger partial charge in [0.25, 0.3) is 5.91 Å². The Morgan fingerprint density at radius 3 is 2.64 bits per heavy atom. The summed E-state index contributed by atoms with van der Waals surface area (Å²) in [7, 11) is 0. The number of hydrogen-bond acceptors (Lipinski definition) is 3. The molecule has 0 unspecified atom stereocenters. The fourth-order valence-electron chi connectivity index (χ4n) is 2.26. The molecule has 25 heavy (non-hydrogen) atoms. The van der Waals surface area contributed by atoms with E-state index in [1.807, 2.05) is 62.4 Å². The quantitative estimate of drug-likeness (QED) is 0.478. The summed E-state index contributed by atoms with van der Waals surface area (Å²) >= 11 is 0. The molecule has 0 radical (unpaired) electrons. The lowest BCUT2D eigenvalue weighted by molar-refractivity contribution is -0.112. The van der Waals surface area contributed by atoms with Crippen LogP contribution < -0.4 is 10.1 Å². The summed E-state index contributed by atoms with van der Waals surface area (Å²) in [5, 5.41) is 12.0. The van der Waals surface area contributed by atoms with Crippen molar-refractivity contribution in [2.45, 2.75) is 13.8 Å². The zero-order valence-corrected chi connectivity index (χ0v) is 14.3. The molecule has 0 aliphatic rings. The minimum absolute atomic E-state index is 0.0477. The standard InChI is InChI=1S/C21H20N2O2/c1-3-25-20-11-7-10-19(14-20)23-21(24)18(15-22)13-16(2)12-17-8-5-4-6-9-17/h4-14H,3H2,1-2H3,(H,23,24)/b16-12+,18-13-. The van der Waals surface area contributed by atoms with Gasteiger partial charge in [-0.1, -0.05) is 42.5 Å². The molecule has 2 aromatic rings. The van der Waals surface area contributed by atoms with Gasteiger partial charge in [-0.2, -0.15) is 5.26 Å². The zero-order valence-electron chi connectivity index (χ0n) is 14.3. The van der Waals surface area contributed by atoms with E-state index in [2.05, 4.69) is 5.32 Å². The van der Waals surface area contributed by atoms with E-state index in [-0.39, 0.29) is 5.57 Å². The van der Waals surface area contributed by atoms with Crippen LogP contribution in [-0.4, -0.2) is 12.5 Å². The topological polar surface area (TPSA) is 62.1 Å². The molecule has 4 heteroatoms. The first-order valence-corrected chi connectivity index (χ1v) is 8.01. The summed E-state index contributed by atoms with van der Waals surface area (Å²) in [5.41, 5.74) is 2.47. The van der Waals surface area contributed by atoms with Crippen molar-refractivity contribution in [2.75, 3.05) is 11.9 Å². The van der Waals surface area contributed by atoms with E-state index in [4.69, 9.17) is 4.74 Å². The van der Waals surface area contributed by atoms with Gasteiger partial charge in [-0.15, -0.1) is 0 Å². The summed E-state index contributed by atoms with van der Waals surface area (Å²) in [6.07, 6.45) is 3.50. The van der Waals surface area contributed by atoms with Gasteiger partial charge in [-0.05, 0) is 43.2 Å². The normalized spacial score (nSPS) is 11.6. The van der Waals surface area contributed by atoms with Crippen LogP contribution >= 0.6 is 0 Å². The van der Waals surface area contributed by atoms with Gasteiger partial charge in [0.2, 0.25) is 0 Å². The Kier molecular flexibility index (Phi) is 6.56. The second-order valence-corrected chi connectivity index (χ2v) is 5.38. The number of amides is 1. The maximum absolute atomic E-state index is 12.3. The Morgan fingerprint density at radius 2 is 1.96 bits per heavy atom. The van der Waals surface area contributed by atoms with E-state index in [1.54, 1.807) is 24.3 Å². The van der Waals surface area contributed by atoms with Gasteiger partial charge >= 0.3 is 0 Å². The molecule has 0 aliphatic carbocycles. The molecular weight excluding hydrogens is 312 g/mol. The summed E-state index contributed by atoms with van der Waals surface area (Å²) in [6.45, 7) is 4.29. The smallest absolute Gasteiger partial charge is 0.266 e. The highest BCUT2D eigenvalue weighted by molar-refractivity contribution is 6.07. The second-order valence-electron chi connectivity index (χ2n) is 5.38. The number of nitrogens with zero attached hydrogens (tertiary/aromatic N) is 1. The Bertz CT molecular complexity index is 830.